The van der Waals surface area contributed by atoms with Crippen molar-refractivity contribution in [2.45, 2.75) is 6.61 Å². The summed E-state index contributed by atoms with van der Waals surface area (Å²) in [5.74, 6) is 0.655. The Morgan fingerprint density at radius 1 is 1.00 bits per heavy atom. The van der Waals surface area contributed by atoms with Crippen LogP contribution in [0.3, 0.4) is 0 Å². The Labute approximate surface area is 110 Å². The second-order valence-electron chi connectivity index (χ2n) is 3.57. The van der Waals surface area contributed by atoms with Gasteiger partial charge in [-0.15, -0.1) is 0 Å². The van der Waals surface area contributed by atoms with E-state index in [1.165, 1.54) is 0 Å². The van der Waals surface area contributed by atoms with E-state index in [1.54, 1.807) is 18.2 Å². The number of ether oxygens (including phenoxy) is 1. The number of hydrogen-bond acceptors (Lipinski definition) is 2. The summed E-state index contributed by atoms with van der Waals surface area (Å²) in [6.07, 6.45) is 0. The summed E-state index contributed by atoms with van der Waals surface area (Å²) in [5, 5.41) is 1.14. The first-order valence-electron chi connectivity index (χ1n) is 5.08. The summed E-state index contributed by atoms with van der Waals surface area (Å²) in [7, 11) is 0. The van der Waals surface area contributed by atoms with Crippen molar-refractivity contribution in [2.75, 3.05) is 5.73 Å². The van der Waals surface area contributed by atoms with E-state index in [2.05, 4.69) is 0 Å². The SMILES string of the molecule is Nc1cc(COc2ccccc2Cl)ccc1Cl. The van der Waals surface area contributed by atoms with Crippen molar-refractivity contribution in [3.63, 3.8) is 0 Å². The zero-order valence-corrected chi connectivity index (χ0v) is 10.5. The molecule has 0 heterocycles. The fraction of sp³-hybridized carbons (Fsp3) is 0.0769. The predicted octanol–water partition coefficient (Wildman–Crippen LogP) is 4.15. The van der Waals surface area contributed by atoms with Crippen LogP contribution in [0.2, 0.25) is 10.0 Å². The maximum atomic E-state index is 5.98. The zero-order chi connectivity index (χ0) is 12.3. The average Bonchev–Trinajstić information content (AvgIpc) is 2.32. The molecule has 2 nitrogen and oxygen atoms in total. The molecule has 0 saturated heterocycles. The minimum Gasteiger partial charge on any atom is -0.487 e. The van der Waals surface area contributed by atoms with Crippen LogP contribution in [-0.2, 0) is 6.61 Å². The lowest BCUT2D eigenvalue weighted by atomic mass is 10.2. The van der Waals surface area contributed by atoms with Gasteiger partial charge in [-0.3, -0.25) is 0 Å². The van der Waals surface area contributed by atoms with Crippen molar-refractivity contribution in [2.24, 2.45) is 0 Å². The maximum Gasteiger partial charge on any atom is 0.138 e. The van der Waals surface area contributed by atoms with Gasteiger partial charge in [0.2, 0.25) is 0 Å². The highest BCUT2D eigenvalue weighted by Gasteiger charge is 2.02. The molecule has 2 aromatic rings. The van der Waals surface area contributed by atoms with E-state index < -0.39 is 0 Å². The van der Waals surface area contributed by atoms with Crippen LogP contribution < -0.4 is 10.5 Å². The van der Waals surface area contributed by atoms with E-state index in [4.69, 9.17) is 33.7 Å². The molecular weight excluding hydrogens is 257 g/mol. The van der Waals surface area contributed by atoms with E-state index in [9.17, 15) is 0 Å². The van der Waals surface area contributed by atoms with Gasteiger partial charge in [0.05, 0.1) is 15.7 Å². The van der Waals surface area contributed by atoms with Crippen molar-refractivity contribution >= 4 is 28.9 Å². The molecule has 0 bridgehead atoms. The molecule has 0 saturated carbocycles. The molecule has 0 amide bonds. The summed E-state index contributed by atoms with van der Waals surface area (Å²) in [6, 6.07) is 12.7. The fourth-order valence-corrected chi connectivity index (χ4v) is 1.71. The van der Waals surface area contributed by atoms with Gasteiger partial charge in [-0.25, -0.2) is 0 Å². The normalized spacial score (nSPS) is 10.2. The van der Waals surface area contributed by atoms with E-state index in [0.29, 0.717) is 28.1 Å². The van der Waals surface area contributed by atoms with Gasteiger partial charge in [-0.2, -0.15) is 0 Å². The second-order valence-corrected chi connectivity index (χ2v) is 4.39. The third-order valence-electron chi connectivity index (χ3n) is 2.29. The summed E-state index contributed by atoms with van der Waals surface area (Å²) in [6.45, 7) is 0.408. The first-order chi connectivity index (χ1) is 8.16. The Hall–Kier alpha value is -1.38. The molecule has 0 radical (unpaired) electrons. The maximum absolute atomic E-state index is 5.98. The van der Waals surface area contributed by atoms with Crippen LogP contribution in [0.25, 0.3) is 0 Å². The molecule has 4 heteroatoms. The van der Waals surface area contributed by atoms with Gasteiger partial charge in [0.15, 0.2) is 0 Å². The van der Waals surface area contributed by atoms with Crippen LogP contribution in [0.1, 0.15) is 5.56 Å². The van der Waals surface area contributed by atoms with Crippen molar-refractivity contribution in [1.29, 1.82) is 0 Å². The minimum atomic E-state index is 0.408. The highest BCUT2D eigenvalue weighted by molar-refractivity contribution is 6.33. The molecule has 0 atom stereocenters. The van der Waals surface area contributed by atoms with Gasteiger partial charge in [-0.05, 0) is 29.8 Å². The smallest absolute Gasteiger partial charge is 0.138 e. The first-order valence-corrected chi connectivity index (χ1v) is 5.83. The van der Waals surface area contributed by atoms with E-state index in [0.717, 1.165) is 5.56 Å². The van der Waals surface area contributed by atoms with Crippen molar-refractivity contribution in [3.05, 3.63) is 58.1 Å². The molecular formula is C13H11Cl2NO. The Balaban J connectivity index is 2.08. The second kappa shape index (κ2) is 5.30. The number of anilines is 1. The Morgan fingerprint density at radius 3 is 2.47 bits per heavy atom. The van der Waals surface area contributed by atoms with Gasteiger partial charge in [0.1, 0.15) is 12.4 Å². The highest BCUT2D eigenvalue weighted by Crippen LogP contribution is 2.25. The highest BCUT2D eigenvalue weighted by atomic mass is 35.5. The average molecular weight is 268 g/mol. The Kier molecular flexibility index (Phi) is 3.77. The Bertz CT molecular complexity index is 529. The van der Waals surface area contributed by atoms with E-state index >= 15 is 0 Å². The number of para-hydroxylation sites is 1. The molecule has 0 unspecified atom stereocenters. The number of halogens is 2. The first kappa shape index (κ1) is 12.1. The molecule has 0 fully saturated rings. The molecule has 2 aromatic carbocycles. The molecule has 0 aliphatic heterocycles. The quantitative estimate of drug-likeness (QED) is 0.848. The van der Waals surface area contributed by atoms with Crippen LogP contribution in [0.15, 0.2) is 42.5 Å². The zero-order valence-electron chi connectivity index (χ0n) is 8.99. The van der Waals surface area contributed by atoms with Crippen LogP contribution in [0, 0.1) is 0 Å². The van der Waals surface area contributed by atoms with Crippen LogP contribution >= 0.6 is 23.2 Å². The number of nitrogens with two attached hydrogens (primary N) is 1. The van der Waals surface area contributed by atoms with Gasteiger partial charge < -0.3 is 10.5 Å². The fourth-order valence-electron chi connectivity index (χ4n) is 1.41. The number of benzene rings is 2. The topological polar surface area (TPSA) is 35.2 Å². The van der Waals surface area contributed by atoms with Gasteiger partial charge in [-0.1, -0.05) is 41.4 Å². The molecule has 0 aliphatic carbocycles. The van der Waals surface area contributed by atoms with Crippen molar-refractivity contribution in [1.82, 2.24) is 0 Å². The lowest BCUT2D eigenvalue weighted by molar-refractivity contribution is 0.306. The van der Waals surface area contributed by atoms with Crippen LogP contribution in [0.4, 0.5) is 5.69 Å². The number of nitrogen functional groups attached to an aromatic ring is 1. The summed E-state index contributed by atoms with van der Waals surface area (Å²) in [4.78, 5) is 0. The molecule has 0 spiro atoms. The molecule has 0 aliphatic rings. The van der Waals surface area contributed by atoms with Gasteiger partial charge >= 0.3 is 0 Å². The largest absolute Gasteiger partial charge is 0.487 e. The van der Waals surface area contributed by atoms with Gasteiger partial charge in [0.25, 0.3) is 0 Å². The summed E-state index contributed by atoms with van der Waals surface area (Å²) >= 11 is 11.8. The summed E-state index contributed by atoms with van der Waals surface area (Å²) in [5.41, 5.74) is 7.20. The lowest BCUT2D eigenvalue weighted by Gasteiger charge is -2.08. The van der Waals surface area contributed by atoms with Gasteiger partial charge in [0, 0.05) is 0 Å². The molecule has 0 aromatic heterocycles. The standard InChI is InChI=1S/C13H11Cl2NO/c14-10-6-5-9(7-12(10)16)8-17-13-4-2-1-3-11(13)15/h1-7H,8,16H2. The lowest BCUT2D eigenvalue weighted by Crippen LogP contribution is -1.97. The number of hydrogen-bond donors (Lipinski definition) is 1. The third-order valence-corrected chi connectivity index (χ3v) is 2.95. The van der Waals surface area contributed by atoms with Crippen LogP contribution in [-0.4, -0.2) is 0 Å². The van der Waals surface area contributed by atoms with Crippen molar-refractivity contribution in [3.8, 4) is 5.75 Å². The van der Waals surface area contributed by atoms with E-state index in [-0.39, 0.29) is 0 Å². The Morgan fingerprint density at radius 2 is 1.76 bits per heavy atom. The third kappa shape index (κ3) is 3.05. The molecule has 88 valence electrons. The van der Waals surface area contributed by atoms with Crippen LogP contribution in [0.5, 0.6) is 5.75 Å². The predicted molar refractivity (Wildman–Crippen MR) is 71.6 cm³/mol. The molecule has 2 rings (SSSR count). The number of rotatable bonds is 3. The van der Waals surface area contributed by atoms with Crippen molar-refractivity contribution < 1.29 is 4.74 Å². The minimum absolute atomic E-state index is 0.408. The summed E-state index contributed by atoms with van der Waals surface area (Å²) < 4.78 is 5.59. The van der Waals surface area contributed by atoms with E-state index in [1.807, 2.05) is 24.3 Å². The molecule has 17 heavy (non-hydrogen) atoms. The molecule has 2 N–H and O–H groups in total. The monoisotopic (exact) mass is 267 g/mol.